The molecule has 0 saturated heterocycles. The van der Waals surface area contributed by atoms with Crippen LogP contribution in [0, 0.1) is 24.7 Å². The Kier molecular flexibility index (Phi) is 10.3. The zero-order valence-electron chi connectivity index (χ0n) is 31.9. The van der Waals surface area contributed by atoms with Crippen molar-refractivity contribution < 1.29 is 32.3 Å². The first kappa shape index (κ1) is 38.2. The lowest BCUT2D eigenvalue weighted by Crippen LogP contribution is -2.56. The SMILES string of the molecule is COc1ccc2c(O[C@H]3CC[C@H]4C(=O)N(C)CCCC/C=C\[C@@H]5C[C@@]5(C(=O)NS(=O)(=O)C5(C)CC5)NC(=O)[C@@H]4C3)cc(-c3nc(C(C)C)cs3)nc2c1C. The van der Waals surface area contributed by atoms with Crippen LogP contribution in [0.15, 0.2) is 35.7 Å². The number of rotatable bonds is 8. The molecule has 0 unspecified atom stereocenters. The molecular formula is C40H51N5O7S2. The molecule has 12 nitrogen and oxygen atoms in total. The molecule has 0 bridgehead atoms. The first-order chi connectivity index (χ1) is 25.7. The van der Waals surface area contributed by atoms with Gasteiger partial charge in [-0.3, -0.25) is 19.1 Å². The number of nitrogens with zero attached hydrogens (tertiary/aromatic N) is 3. The van der Waals surface area contributed by atoms with E-state index >= 15 is 0 Å². The van der Waals surface area contributed by atoms with Crippen molar-refractivity contribution in [1.29, 1.82) is 0 Å². The molecule has 3 amide bonds. The lowest BCUT2D eigenvalue weighted by Gasteiger charge is -2.37. The number of ether oxygens (including phenoxy) is 2. The number of fused-ring (bicyclic) bond motifs is 3. The van der Waals surface area contributed by atoms with Crippen LogP contribution in [0.1, 0.15) is 95.7 Å². The molecule has 7 rings (SSSR count). The summed E-state index contributed by atoms with van der Waals surface area (Å²) in [6.45, 7) is 8.35. The maximum absolute atomic E-state index is 14.5. The van der Waals surface area contributed by atoms with E-state index in [1.165, 1.54) is 11.3 Å². The van der Waals surface area contributed by atoms with Crippen LogP contribution in [0.2, 0.25) is 0 Å². The molecular weight excluding hydrogens is 727 g/mol. The van der Waals surface area contributed by atoms with Crippen molar-refractivity contribution >= 4 is 50.0 Å². The zero-order valence-corrected chi connectivity index (χ0v) is 33.6. The number of amides is 3. The van der Waals surface area contributed by atoms with E-state index in [1.807, 2.05) is 42.7 Å². The largest absolute Gasteiger partial charge is 0.496 e. The second kappa shape index (κ2) is 14.6. The average Bonchev–Trinajstić information content (AvgIpc) is 4.00. The maximum atomic E-state index is 14.5. The van der Waals surface area contributed by atoms with E-state index in [0.29, 0.717) is 49.4 Å². The lowest BCUT2D eigenvalue weighted by molar-refractivity contribution is -0.145. The van der Waals surface area contributed by atoms with Crippen LogP contribution in [0.5, 0.6) is 11.5 Å². The molecule has 2 aromatic heterocycles. The summed E-state index contributed by atoms with van der Waals surface area (Å²) in [5.41, 5.74) is 1.81. The standard InChI is InChI=1S/C40H51N5O7S2/c1-23(2)31-22-53-36(42-31)30-20-33(28-14-15-32(51-6)24(3)34(28)41-30)52-26-12-13-27-29(19-26)35(46)43-40(38(48)44-54(49,50)39(4)16-17-39)21-25(40)11-9-7-8-10-18-45(5)37(27)47/h9,11,14-15,20,22-23,25-27,29H,7-8,10,12-13,16-19,21H2,1-6H3,(H,43,46)(H,44,48)/b11-9-/t25-,26+,27-,29-,40-/m1/s1. The number of hydrogen-bond acceptors (Lipinski definition) is 10. The first-order valence-electron chi connectivity index (χ1n) is 19.1. The first-order valence-corrected chi connectivity index (χ1v) is 21.4. The Hall–Kier alpha value is -4.04. The molecule has 1 aromatic carbocycles. The number of allylic oxidation sites excluding steroid dienone is 1. The number of thiazole rings is 1. The van der Waals surface area contributed by atoms with Crippen molar-refractivity contribution in [2.24, 2.45) is 17.8 Å². The molecule has 54 heavy (non-hydrogen) atoms. The predicted molar refractivity (Wildman–Crippen MR) is 208 cm³/mol. The Morgan fingerprint density at radius 3 is 2.59 bits per heavy atom. The number of carbonyl (C=O) groups is 3. The number of hydrogen-bond donors (Lipinski definition) is 2. The molecule has 2 N–H and O–H groups in total. The molecule has 3 aliphatic carbocycles. The second-order valence-corrected chi connectivity index (χ2v) is 19.2. The lowest BCUT2D eigenvalue weighted by atomic mass is 9.76. The van der Waals surface area contributed by atoms with Gasteiger partial charge in [0, 0.05) is 47.8 Å². The highest BCUT2D eigenvalue weighted by Crippen LogP contribution is 2.48. The number of sulfonamides is 1. The van der Waals surface area contributed by atoms with E-state index < -0.39 is 50.1 Å². The predicted octanol–water partition coefficient (Wildman–Crippen LogP) is 6.03. The summed E-state index contributed by atoms with van der Waals surface area (Å²) in [6.07, 6.45) is 8.29. The molecule has 3 heterocycles. The molecule has 0 spiro atoms. The van der Waals surface area contributed by atoms with Gasteiger partial charge in [-0.05, 0) is 89.7 Å². The molecule has 4 aliphatic rings. The summed E-state index contributed by atoms with van der Waals surface area (Å²) < 4.78 is 40.1. The van der Waals surface area contributed by atoms with Crippen LogP contribution in [-0.2, 0) is 24.4 Å². The van der Waals surface area contributed by atoms with Gasteiger partial charge in [-0.25, -0.2) is 18.4 Å². The molecule has 3 aromatic rings. The number of aromatic nitrogens is 2. The van der Waals surface area contributed by atoms with Gasteiger partial charge in [-0.15, -0.1) is 11.3 Å². The second-order valence-electron chi connectivity index (χ2n) is 16.1. The monoisotopic (exact) mass is 777 g/mol. The molecule has 3 saturated carbocycles. The van der Waals surface area contributed by atoms with Gasteiger partial charge in [0.2, 0.25) is 21.8 Å². The molecule has 14 heteroatoms. The Balaban J connectivity index is 1.21. The third-order valence-electron chi connectivity index (χ3n) is 11.9. The van der Waals surface area contributed by atoms with Crippen molar-refractivity contribution in [3.63, 3.8) is 0 Å². The normalized spacial score (nSPS) is 27.6. The Morgan fingerprint density at radius 2 is 1.89 bits per heavy atom. The Morgan fingerprint density at radius 1 is 1.11 bits per heavy atom. The third kappa shape index (κ3) is 7.23. The van der Waals surface area contributed by atoms with E-state index in [4.69, 9.17) is 19.4 Å². The van der Waals surface area contributed by atoms with Gasteiger partial charge in [0.25, 0.3) is 5.91 Å². The molecule has 290 valence electrons. The highest BCUT2D eigenvalue weighted by atomic mass is 32.2. The van der Waals surface area contributed by atoms with Crippen molar-refractivity contribution in [2.45, 2.75) is 108 Å². The Labute approximate surface area is 321 Å². The number of benzene rings is 1. The van der Waals surface area contributed by atoms with E-state index in [2.05, 4.69) is 23.9 Å². The fourth-order valence-corrected chi connectivity index (χ4v) is 10.1. The molecule has 1 aliphatic heterocycles. The van der Waals surface area contributed by atoms with Gasteiger partial charge in [0.05, 0.1) is 35.1 Å². The van der Waals surface area contributed by atoms with Crippen LogP contribution in [-0.4, -0.2) is 78.1 Å². The highest BCUT2D eigenvalue weighted by molar-refractivity contribution is 7.91. The van der Waals surface area contributed by atoms with E-state index in [-0.39, 0.29) is 30.6 Å². The van der Waals surface area contributed by atoms with Crippen molar-refractivity contribution in [2.75, 3.05) is 20.7 Å². The van der Waals surface area contributed by atoms with Gasteiger partial charge in [0.15, 0.2) is 0 Å². The highest BCUT2D eigenvalue weighted by Gasteiger charge is 2.63. The maximum Gasteiger partial charge on any atom is 0.259 e. The Bertz CT molecular complexity index is 2110. The van der Waals surface area contributed by atoms with Crippen LogP contribution < -0.4 is 19.5 Å². The third-order valence-corrected chi connectivity index (χ3v) is 14.9. The number of methoxy groups -OCH3 is 1. The van der Waals surface area contributed by atoms with E-state index in [9.17, 15) is 22.8 Å². The summed E-state index contributed by atoms with van der Waals surface area (Å²) in [4.78, 5) is 53.9. The quantitative estimate of drug-likeness (QED) is 0.261. The van der Waals surface area contributed by atoms with Crippen LogP contribution >= 0.6 is 11.3 Å². The number of carbonyl (C=O) groups excluding carboxylic acids is 3. The smallest absolute Gasteiger partial charge is 0.259 e. The summed E-state index contributed by atoms with van der Waals surface area (Å²) in [7, 11) is -0.529. The van der Waals surface area contributed by atoms with E-state index in [0.717, 1.165) is 46.4 Å². The fraction of sp³-hybridized carbons (Fsp3) is 0.575. The van der Waals surface area contributed by atoms with Crippen LogP contribution in [0.3, 0.4) is 0 Å². The van der Waals surface area contributed by atoms with Crippen molar-refractivity contribution in [3.05, 3.63) is 47.0 Å². The number of aryl methyl sites for hydroxylation is 1. The molecule has 0 radical (unpaired) electrons. The van der Waals surface area contributed by atoms with Gasteiger partial charge in [-0.1, -0.05) is 26.0 Å². The van der Waals surface area contributed by atoms with Gasteiger partial charge in [0.1, 0.15) is 27.7 Å². The minimum absolute atomic E-state index is 0.111. The summed E-state index contributed by atoms with van der Waals surface area (Å²) in [5.74, 6) is -1.52. The molecule has 3 fully saturated rings. The van der Waals surface area contributed by atoms with Crippen LogP contribution in [0.25, 0.3) is 21.6 Å². The number of nitrogens with one attached hydrogen (secondary N) is 2. The van der Waals surface area contributed by atoms with Gasteiger partial charge < -0.3 is 19.7 Å². The topological polar surface area (TPSA) is 157 Å². The van der Waals surface area contributed by atoms with Crippen molar-refractivity contribution in [3.8, 4) is 22.2 Å². The fourth-order valence-electron chi connectivity index (χ4n) is 7.82. The minimum Gasteiger partial charge on any atom is -0.496 e. The zero-order chi connectivity index (χ0) is 38.6. The summed E-state index contributed by atoms with van der Waals surface area (Å²) >= 11 is 1.52. The summed E-state index contributed by atoms with van der Waals surface area (Å²) in [5, 5.41) is 6.61. The van der Waals surface area contributed by atoms with Gasteiger partial charge in [-0.2, -0.15) is 0 Å². The van der Waals surface area contributed by atoms with E-state index in [1.54, 1.807) is 26.0 Å². The summed E-state index contributed by atoms with van der Waals surface area (Å²) in [6, 6.07) is 5.71. The molecule has 5 atom stereocenters. The average molecular weight is 778 g/mol. The van der Waals surface area contributed by atoms with Crippen LogP contribution in [0.4, 0.5) is 0 Å². The number of pyridine rings is 1. The van der Waals surface area contributed by atoms with Gasteiger partial charge >= 0.3 is 0 Å². The minimum atomic E-state index is -3.93. The van der Waals surface area contributed by atoms with Crippen molar-refractivity contribution in [1.82, 2.24) is 24.9 Å².